The summed E-state index contributed by atoms with van der Waals surface area (Å²) >= 11 is 0. The monoisotopic (exact) mass is 446 g/mol. The van der Waals surface area contributed by atoms with Gasteiger partial charge >= 0.3 is 11.8 Å². The molecule has 1 aromatic rings. The molecule has 2 amide bonds. The van der Waals surface area contributed by atoms with Crippen molar-refractivity contribution in [2.75, 3.05) is 13.1 Å². The smallest absolute Gasteiger partial charge is 0.311 e. The molecule has 0 fully saturated rings. The van der Waals surface area contributed by atoms with E-state index in [4.69, 9.17) is 5.73 Å². The van der Waals surface area contributed by atoms with Gasteiger partial charge in [0.2, 0.25) is 0 Å². The third-order valence-corrected chi connectivity index (χ3v) is 6.11. The molecule has 3 N–H and O–H groups in total. The number of phenols is 1. The summed E-state index contributed by atoms with van der Waals surface area (Å²) in [6.07, 6.45) is 19.6. The van der Waals surface area contributed by atoms with Gasteiger partial charge in [-0.3, -0.25) is 9.59 Å². The number of carbonyl (C=O) groups excluding carboxylic acids is 2. The van der Waals surface area contributed by atoms with Gasteiger partial charge in [0.25, 0.3) is 0 Å². The van der Waals surface area contributed by atoms with E-state index in [-0.39, 0.29) is 5.75 Å². The molecule has 0 aromatic heterocycles. The van der Waals surface area contributed by atoms with Crippen LogP contribution in [0.4, 0.5) is 0 Å². The third-order valence-electron chi connectivity index (χ3n) is 6.11. The summed E-state index contributed by atoms with van der Waals surface area (Å²) in [7, 11) is 0. The fourth-order valence-corrected chi connectivity index (χ4v) is 4.10. The second-order valence-electron chi connectivity index (χ2n) is 9.02. The number of amides is 2. The van der Waals surface area contributed by atoms with E-state index in [2.05, 4.69) is 6.92 Å². The van der Waals surface area contributed by atoms with Crippen molar-refractivity contribution in [3.05, 3.63) is 29.8 Å². The molecule has 0 saturated carbocycles. The van der Waals surface area contributed by atoms with Crippen molar-refractivity contribution in [2.45, 2.75) is 110 Å². The first kappa shape index (κ1) is 28.0. The van der Waals surface area contributed by atoms with Crippen molar-refractivity contribution in [2.24, 2.45) is 5.73 Å². The van der Waals surface area contributed by atoms with E-state index in [0.717, 1.165) is 31.2 Å². The number of primary amides is 1. The maximum atomic E-state index is 12.1. The molecule has 0 aliphatic heterocycles. The molecule has 5 nitrogen and oxygen atoms in total. The summed E-state index contributed by atoms with van der Waals surface area (Å²) < 4.78 is 0. The average Bonchev–Trinajstić information content (AvgIpc) is 2.78. The Morgan fingerprint density at radius 3 is 1.62 bits per heavy atom. The lowest BCUT2D eigenvalue weighted by Crippen LogP contribution is -2.41. The van der Waals surface area contributed by atoms with E-state index in [1.165, 1.54) is 77.0 Å². The predicted molar refractivity (Wildman–Crippen MR) is 133 cm³/mol. The van der Waals surface area contributed by atoms with Crippen LogP contribution in [0.5, 0.6) is 5.75 Å². The topological polar surface area (TPSA) is 83.6 Å². The zero-order chi connectivity index (χ0) is 23.4. The van der Waals surface area contributed by atoms with Gasteiger partial charge < -0.3 is 15.7 Å². The van der Waals surface area contributed by atoms with Crippen LogP contribution in [-0.2, 0) is 16.0 Å². The molecule has 0 bridgehead atoms. The van der Waals surface area contributed by atoms with Crippen molar-refractivity contribution >= 4 is 11.8 Å². The molecule has 32 heavy (non-hydrogen) atoms. The fraction of sp³-hybridized carbons (Fsp3) is 0.704. The van der Waals surface area contributed by atoms with Gasteiger partial charge in [0, 0.05) is 13.1 Å². The number of unbranched alkanes of at least 4 members (excludes halogenated alkanes) is 13. The standard InChI is InChI=1S/C27H46N2O3/c1-2-3-4-5-6-7-8-9-10-11-12-13-14-15-22-29(27(32)26(28)31)23-16-17-24-18-20-25(30)21-19-24/h18-21,30H,2-17,22-23H2,1H3,(H2,28,31). The zero-order valence-electron chi connectivity index (χ0n) is 20.3. The van der Waals surface area contributed by atoms with Gasteiger partial charge in [-0.1, -0.05) is 103 Å². The van der Waals surface area contributed by atoms with E-state index >= 15 is 0 Å². The minimum atomic E-state index is -0.875. The Morgan fingerprint density at radius 2 is 1.16 bits per heavy atom. The lowest BCUT2D eigenvalue weighted by Gasteiger charge is -2.21. The first-order chi connectivity index (χ1) is 15.5. The maximum absolute atomic E-state index is 12.1. The summed E-state index contributed by atoms with van der Waals surface area (Å²) in [5.41, 5.74) is 6.33. The van der Waals surface area contributed by atoms with Crippen molar-refractivity contribution in [1.82, 2.24) is 4.90 Å². The van der Waals surface area contributed by atoms with Crippen molar-refractivity contribution in [3.8, 4) is 5.75 Å². The van der Waals surface area contributed by atoms with E-state index < -0.39 is 11.8 Å². The maximum Gasteiger partial charge on any atom is 0.311 e. The highest BCUT2D eigenvalue weighted by Crippen LogP contribution is 2.14. The van der Waals surface area contributed by atoms with E-state index in [1.54, 1.807) is 17.0 Å². The van der Waals surface area contributed by atoms with Gasteiger partial charge in [-0.25, -0.2) is 0 Å². The highest BCUT2D eigenvalue weighted by atomic mass is 16.3. The Balaban J connectivity index is 2.08. The number of aryl methyl sites for hydroxylation is 1. The van der Waals surface area contributed by atoms with Crippen LogP contribution in [-0.4, -0.2) is 34.9 Å². The summed E-state index contributed by atoms with van der Waals surface area (Å²) in [6, 6.07) is 7.08. The Morgan fingerprint density at radius 1 is 0.719 bits per heavy atom. The molecule has 182 valence electrons. The van der Waals surface area contributed by atoms with Crippen LogP contribution in [0.2, 0.25) is 0 Å². The number of aromatic hydroxyl groups is 1. The molecular formula is C27H46N2O3. The van der Waals surface area contributed by atoms with Gasteiger partial charge in [-0.05, 0) is 37.0 Å². The number of carbonyl (C=O) groups is 2. The largest absolute Gasteiger partial charge is 0.508 e. The number of rotatable bonds is 19. The molecule has 0 aliphatic rings. The summed E-state index contributed by atoms with van der Waals surface area (Å²) in [6.45, 7) is 3.38. The van der Waals surface area contributed by atoms with E-state index in [0.29, 0.717) is 13.1 Å². The molecule has 0 aliphatic carbocycles. The summed E-state index contributed by atoms with van der Waals surface area (Å²) in [5, 5.41) is 9.36. The third kappa shape index (κ3) is 14.1. The number of hydrogen-bond acceptors (Lipinski definition) is 3. The number of benzene rings is 1. The lowest BCUT2D eigenvalue weighted by molar-refractivity contribution is -0.144. The lowest BCUT2D eigenvalue weighted by atomic mass is 10.0. The van der Waals surface area contributed by atoms with Gasteiger partial charge in [0.1, 0.15) is 5.75 Å². The van der Waals surface area contributed by atoms with Crippen molar-refractivity contribution in [1.29, 1.82) is 0 Å². The number of nitrogens with two attached hydrogens (primary N) is 1. The first-order valence-electron chi connectivity index (χ1n) is 12.9. The molecule has 0 spiro atoms. The fourth-order valence-electron chi connectivity index (χ4n) is 4.10. The highest BCUT2D eigenvalue weighted by Gasteiger charge is 2.18. The Bertz CT molecular complexity index is 616. The highest BCUT2D eigenvalue weighted by molar-refractivity contribution is 6.34. The molecule has 0 saturated heterocycles. The second-order valence-corrected chi connectivity index (χ2v) is 9.02. The average molecular weight is 447 g/mol. The van der Waals surface area contributed by atoms with Crippen molar-refractivity contribution < 1.29 is 14.7 Å². The van der Waals surface area contributed by atoms with Crippen LogP contribution < -0.4 is 5.73 Å². The van der Waals surface area contributed by atoms with Crippen LogP contribution in [0.3, 0.4) is 0 Å². The SMILES string of the molecule is CCCCCCCCCCCCCCCCN(CCCc1ccc(O)cc1)C(=O)C(N)=O. The minimum absolute atomic E-state index is 0.247. The summed E-state index contributed by atoms with van der Waals surface area (Å²) in [4.78, 5) is 25.1. The van der Waals surface area contributed by atoms with Crippen LogP contribution in [0.1, 0.15) is 109 Å². The molecule has 0 radical (unpaired) electrons. The van der Waals surface area contributed by atoms with Crippen LogP contribution in [0.25, 0.3) is 0 Å². The number of hydrogen-bond donors (Lipinski definition) is 2. The first-order valence-corrected chi connectivity index (χ1v) is 12.9. The van der Waals surface area contributed by atoms with Gasteiger partial charge in [0.05, 0.1) is 0 Å². The molecule has 0 atom stereocenters. The quantitative estimate of drug-likeness (QED) is 0.198. The van der Waals surface area contributed by atoms with Gasteiger partial charge in [0.15, 0.2) is 0 Å². The van der Waals surface area contributed by atoms with E-state index in [9.17, 15) is 14.7 Å². The molecule has 0 heterocycles. The molecule has 0 unspecified atom stereocenters. The van der Waals surface area contributed by atoms with Gasteiger partial charge in [-0.15, -0.1) is 0 Å². The molecular weight excluding hydrogens is 400 g/mol. The minimum Gasteiger partial charge on any atom is -0.508 e. The van der Waals surface area contributed by atoms with Crippen molar-refractivity contribution in [3.63, 3.8) is 0 Å². The predicted octanol–water partition coefficient (Wildman–Crippen LogP) is 6.12. The molecule has 1 aromatic carbocycles. The van der Waals surface area contributed by atoms with Crippen LogP contribution in [0, 0.1) is 0 Å². The Kier molecular flexibility index (Phi) is 16.2. The Labute approximate surface area is 195 Å². The molecule has 5 heteroatoms. The second kappa shape index (κ2) is 18.5. The van der Waals surface area contributed by atoms with Crippen LogP contribution in [0.15, 0.2) is 24.3 Å². The number of nitrogens with zero attached hydrogens (tertiary/aromatic N) is 1. The number of phenolic OH excluding ortho intramolecular Hbond substituents is 1. The summed E-state index contributed by atoms with van der Waals surface area (Å²) in [5.74, 6) is -1.21. The van der Waals surface area contributed by atoms with Gasteiger partial charge in [-0.2, -0.15) is 0 Å². The zero-order valence-corrected chi connectivity index (χ0v) is 20.3. The molecule has 1 rings (SSSR count). The van der Waals surface area contributed by atoms with Crippen LogP contribution >= 0.6 is 0 Å². The normalized spacial score (nSPS) is 10.9. The Hall–Kier alpha value is -2.04. The van der Waals surface area contributed by atoms with E-state index in [1.807, 2.05) is 12.1 Å².